The number of ether oxygens (including phenoxy) is 6. The van der Waals surface area contributed by atoms with Gasteiger partial charge in [-0.05, 0) is 50.8 Å². The van der Waals surface area contributed by atoms with Crippen molar-refractivity contribution < 1.29 is 43.4 Å². The van der Waals surface area contributed by atoms with Gasteiger partial charge in [0.25, 0.3) is 0 Å². The van der Waals surface area contributed by atoms with Crippen LogP contribution in [0.2, 0.25) is 0 Å². The molecule has 0 unspecified atom stereocenters. The Hall–Kier alpha value is -3.59. The van der Waals surface area contributed by atoms with Crippen LogP contribution in [0.1, 0.15) is 44.9 Å². The number of rotatable bonds is 7. The lowest BCUT2D eigenvalue weighted by Crippen LogP contribution is -2.44. The number of aliphatic hydroxyl groups is 1. The zero-order valence-corrected chi connectivity index (χ0v) is 22.8. The molecule has 3 atom stereocenters. The molecule has 202 valence electrons. The minimum atomic E-state index is -1.54. The molecule has 2 N–H and O–H groups in total. The Kier molecular flexibility index (Phi) is 8.17. The summed E-state index contributed by atoms with van der Waals surface area (Å²) in [5, 5.41) is 22.7. The molecule has 0 fully saturated rings. The molecule has 0 aromatic heterocycles. The number of esters is 1. The SMILES string of the molecule is C/C=C(\C)C(=O)O[C@H]1c2cc(OC)c(OC)c(OC)c2-c2c(cc(O)c(OC)c2OC)C[C@H](C)[C@@]1(C)O. The predicted molar refractivity (Wildman–Crippen MR) is 138 cm³/mol. The highest BCUT2D eigenvalue weighted by Gasteiger charge is 2.46. The highest BCUT2D eigenvalue weighted by molar-refractivity contribution is 5.90. The first-order valence-corrected chi connectivity index (χ1v) is 11.9. The Morgan fingerprint density at radius 1 is 0.946 bits per heavy atom. The Labute approximate surface area is 217 Å². The summed E-state index contributed by atoms with van der Waals surface area (Å²) in [4.78, 5) is 13.0. The van der Waals surface area contributed by atoms with E-state index in [0.29, 0.717) is 45.7 Å². The van der Waals surface area contributed by atoms with Gasteiger partial charge >= 0.3 is 5.97 Å². The van der Waals surface area contributed by atoms with Crippen LogP contribution in [-0.4, -0.2) is 57.3 Å². The highest BCUT2D eigenvalue weighted by Crippen LogP contribution is 2.58. The lowest BCUT2D eigenvalue weighted by atomic mass is 9.73. The smallest absolute Gasteiger partial charge is 0.334 e. The van der Waals surface area contributed by atoms with Crippen LogP contribution in [0.5, 0.6) is 34.5 Å². The zero-order valence-electron chi connectivity index (χ0n) is 22.8. The Bertz CT molecular complexity index is 1210. The van der Waals surface area contributed by atoms with Gasteiger partial charge in [0.2, 0.25) is 11.5 Å². The van der Waals surface area contributed by atoms with Gasteiger partial charge in [0, 0.05) is 22.3 Å². The summed E-state index contributed by atoms with van der Waals surface area (Å²) < 4.78 is 34.4. The van der Waals surface area contributed by atoms with E-state index in [2.05, 4.69) is 0 Å². The third kappa shape index (κ3) is 4.64. The lowest BCUT2D eigenvalue weighted by molar-refractivity contribution is -0.166. The van der Waals surface area contributed by atoms with Gasteiger partial charge in [-0.25, -0.2) is 4.79 Å². The van der Waals surface area contributed by atoms with Crippen LogP contribution >= 0.6 is 0 Å². The molecule has 0 amide bonds. The van der Waals surface area contributed by atoms with Gasteiger partial charge in [0.15, 0.2) is 29.1 Å². The fourth-order valence-corrected chi connectivity index (χ4v) is 4.76. The first-order chi connectivity index (χ1) is 17.5. The second-order valence-electron chi connectivity index (χ2n) is 9.19. The molecule has 1 aliphatic carbocycles. The Morgan fingerprint density at radius 2 is 1.51 bits per heavy atom. The van der Waals surface area contributed by atoms with E-state index in [4.69, 9.17) is 28.4 Å². The normalized spacial score (nSPS) is 21.1. The topological polar surface area (TPSA) is 113 Å². The standard InChI is InChI=1S/C28H36O9/c1-10-14(2)27(30)37-26-17-13-19(32-5)23(34-7)25(36-9)21(17)20-16(11-15(3)28(26,4)31)12-18(29)22(33-6)24(20)35-8/h10,12-13,15,26,29,31H,11H2,1-9H3/b14-10+/t15-,26-,28+/m0/s1. The van der Waals surface area contributed by atoms with Crippen molar-refractivity contribution >= 4 is 5.97 Å². The quantitative estimate of drug-likeness (QED) is 0.403. The molecule has 1 aliphatic rings. The summed E-state index contributed by atoms with van der Waals surface area (Å²) in [6.45, 7) is 6.86. The maximum atomic E-state index is 13.0. The summed E-state index contributed by atoms with van der Waals surface area (Å²) >= 11 is 0. The average molecular weight is 517 g/mol. The molecule has 0 saturated carbocycles. The van der Waals surface area contributed by atoms with Crippen molar-refractivity contribution in [2.75, 3.05) is 35.5 Å². The second kappa shape index (κ2) is 10.8. The number of fused-ring (bicyclic) bond motifs is 3. The number of phenolic OH excluding ortho intramolecular Hbond substituents is 1. The lowest BCUT2D eigenvalue weighted by Gasteiger charge is -2.41. The van der Waals surface area contributed by atoms with Crippen molar-refractivity contribution in [2.45, 2.75) is 45.8 Å². The minimum Gasteiger partial charge on any atom is -0.504 e. The van der Waals surface area contributed by atoms with Crippen LogP contribution in [0.4, 0.5) is 0 Å². The van der Waals surface area contributed by atoms with E-state index in [0.717, 1.165) is 0 Å². The number of allylic oxidation sites excluding steroid dienone is 1. The summed E-state index contributed by atoms with van der Waals surface area (Å²) in [6, 6.07) is 3.24. The maximum Gasteiger partial charge on any atom is 0.334 e. The summed E-state index contributed by atoms with van der Waals surface area (Å²) in [5.74, 6) is 0.158. The molecule has 2 aromatic carbocycles. The third-order valence-corrected chi connectivity index (χ3v) is 7.13. The van der Waals surface area contributed by atoms with E-state index < -0.39 is 23.6 Å². The molecular formula is C28H36O9. The predicted octanol–water partition coefficient (Wildman–Crippen LogP) is 4.60. The van der Waals surface area contributed by atoms with E-state index in [1.165, 1.54) is 35.5 Å². The maximum absolute atomic E-state index is 13.0. The first-order valence-electron chi connectivity index (χ1n) is 11.9. The number of aromatic hydroxyl groups is 1. The van der Waals surface area contributed by atoms with E-state index in [1.54, 1.807) is 39.0 Å². The van der Waals surface area contributed by atoms with Crippen LogP contribution in [0.3, 0.4) is 0 Å². The van der Waals surface area contributed by atoms with Gasteiger partial charge in [0.05, 0.1) is 35.5 Å². The third-order valence-electron chi connectivity index (χ3n) is 7.13. The van der Waals surface area contributed by atoms with Crippen molar-refractivity contribution in [1.29, 1.82) is 0 Å². The van der Waals surface area contributed by atoms with Crippen molar-refractivity contribution in [2.24, 2.45) is 5.92 Å². The van der Waals surface area contributed by atoms with Crippen LogP contribution in [0, 0.1) is 5.92 Å². The van der Waals surface area contributed by atoms with Crippen molar-refractivity contribution in [1.82, 2.24) is 0 Å². The number of carbonyl (C=O) groups excluding carboxylic acids is 1. The monoisotopic (exact) mass is 516 g/mol. The fraction of sp³-hybridized carbons (Fsp3) is 0.464. The van der Waals surface area contributed by atoms with Crippen LogP contribution < -0.4 is 23.7 Å². The molecule has 0 saturated heterocycles. The van der Waals surface area contributed by atoms with Crippen LogP contribution in [-0.2, 0) is 16.0 Å². The van der Waals surface area contributed by atoms with Crippen LogP contribution in [0.25, 0.3) is 11.1 Å². The second-order valence-corrected chi connectivity index (χ2v) is 9.19. The number of phenols is 1. The first kappa shape index (κ1) is 28.0. The van der Waals surface area contributed by atoms with Crippen molar-refractivity contribution in [3.8, 4) is 45.6 Å². The van der Waals surface area contributed by atoms with Gasteiger partial charge in [-0.1, -0.05) is 13.0 Å². The van der Waals surface area contributed by atoms with Gasteiger partial charge < -0.3 is 38.6 Å². The summed E-state index contributed by atoms with van der Waals surface area (Å²) in [5.41, 5.74) is 0.942. The van der Waals surface area contributed by atoms with E-state index in [-0.39, 0.29) is 23.0 Å². The van der Waals surface area contributed by atoms with Gasteiger partial charge in [-0.2, -0.15) is 0 Å². The molecule has 9 heteroatoms. The zero-order chi connectivity index (χ0) is 27.7. The van der Waals surface area contributed by atoms with Crippen molar-refractivity contribution in [3.63, 3.8) is 0 Å². The molecule has 37 heavy (non-hydrogen) atoms. The Balaban J connectivity index is 2.59. The molecule has 0 radical (unpaired) electrons. The van der Waals surface area contributed by atoms with E-state index in [1.807, 2.05) is 6.92 Å². The van der Waals surface area contributed by atoms with Gasteiger partial charge in [0.1, 0.15) is 5.60 Å². The number of hydrogen-bond acceptors (Lipinski definition) is 9. The number of carbonyl (C=O) groups is 1. The molecule has 3 rings (SSSR count). The average Bonchev–Trinajstić information content (AvgIpc) is 2.88. The van der Waals surface area contributed by atoms with E-state index in [9.17, 15) is 15.0 Å². The van der Waals surface area contributed by atoms with Gasteiger partial charge in [-0.3, -0.25) is 0 Å². The van der Waals surface area contributed by atoms with Crippen LogP contribution in [0.15, 0.2) is 23.8 Å². The fourth-order valence-electron chi connectivity index (χ4n) is 4.76. The molecule has 2 aromatic rings. The largest absolute Gasteiger partial charge is 0.504 e. The molecule has 0 bridgehead atoms. The molecule has 9 nitrogen and oxygen atoms in total. The van der Waals surface area contributed by atoms with E-state index >= 15 is 0 Å². The number of benzene rings is 2. The molecule has 0 spiro atoms. The highest BCUT2D eigenvalue weighted by atomic mass is 16.6. The summed E-state index contributed by atoms with van der Waals surface area (Å²) in [6.07, 6.45) is 0.821. The Morgan fingerprint density at radius 3 is 2.03 bits per heavy atom. The molecule has 0 aliphatic heterocycles. The number of methoxy groups -OCH3 is 5. The molecule has 0 heterocycles. The van der Waals surface area contributed by atoms with Crippen molar-refractivity contribution in [3.05, 3.63) is 34.9 Å². The summed E-state index contributed by atoms with van der Waals surface area (Å²) in [7, 11) is 7.34. The minimum absolute atomic E-state index is 0.113. The molecular weight excluding hydrogens is 480 g/mol. The van der Waals surface area contributed by atoms with Gasteiger partial charge in [-0.15, -0.1) is 0 Å². The number of hydrogen-bond donors (Lipinski definition) is 2.